The Labute approximate surface area is 111 Å². The summed E-state index contributed by atoms with van der Waals surface area (Å²) in [6.45, 7) is 4.82. The predicted octanol–water partition coefficient (Wildman–Crippen LogP) is 2.93. The van der Waals surface area contributed by atoms with Gasteiger partial charge in [0.15, 0.2) is 0 Å². The molecule has 0 saturated carbocycles. The molecule has 1 N–H and O–H groups in total. The third kappa shape index (κ3) is 3.22. The predicted molar refractivity (Wildman–Crippen MR) is 74.8 cm³/mol. The molecule has 2 rings (SSSR count). The zero-order valence-electron chi connectivity index (χ0n) is 11.1. The lowest BCUT2D eigenvalue weighted by Crippen LogP contribution is -2.17. The van der Waals surface area contributed by atoms with E-state index in [0.29, 0.717) is 18.7 Å². The first-order valence-electron chi connectivity index (χ1n) is 6.29. The van der Waals surface area contributed by atoms with E-state index in [1.165, 1.54) is 12.1 Å². The highest BCUT2D eigenvalue weighted by Gasteiger charge is 2.00. The number of halogens is 1. The Morgan fingerprint density at radius 1 is 1.26 bits per heavy atom. The van der Waals surface area contributed by atoms with Crippen LogP contribution in [0.2, 0.25) is 0 Å². The van der Waals surface area contributed by atoms with Crippen LogP contribution in [0.25, 0.3) is 0 Å². The monoisotopic (exact) mass is 260 g/mol. The van der Waals surface area contributed by atoms with Crippen LogP contribution < -0.4 is 10.9 Å². The molecule has 0 saturated heterocycles. The number of nitrogens with zero attached hydrogens (tertiary/aromatic N) is 1. The minimum absolute atomic E-state index is 0.0190. The van der Waals surface area contributed by atoms with Crippen molar-refractivity contribution >= 4 is 5.69 Å². The molecule has 4 heteroatoms. The van der Waals surface area contributed by atoms with Crippen molar-refractivity contribution in [3.8, 4) is 0 Å². The van der Waals surface area contributed by atoms with Crippen molar-refractivity contribution in [2.24, 2.45) is 0 Å². The number of benzene rings is 1. The zero-order chi connectivity index (χ0) is 13.8. The largest absolute Gasteiger partial charge is 0.380 e. The first kappa shape index (κ1) is 13.3. The minimum Gasteiger partial charge on any atom is -0.380 e. The number of hydrogen-bond donors (Lipinski definition) is 1. The van der Waals surface area contributed by atoms with Crippen molar-refractivity contribution in [2.75, 3.05) is 5.32 Å². The first-order chi connectivity index (χ1) is 9.10. The number of aromatic nitrogens is 1. The van der Waals surface area contributed by atoms with Crippen LogP contribution >= 0.6 is 0 Å². The lowest BCUT2D eigenvalue weighted by Gasteiger charge is -2.09. The third-order valence-electron chi connectivity index (χ3n) is 3.06. The van der Waals surface area contributed by atoms with Gasteiger partial charge in [-0.3, -0.25) is 4.79 Å². The van der Waals surface area contributed by atoms with Crippen LogP contribution in [-0.2, 0) is 13.1 Å². The number of rotatable bonds is 4. The molecular weight excluding hydrogens is 243 g/mol. The highest BCUT2D eigenvalue weighted by atomic mass is 19.1. The van der Waals surface area contributed by atoms with Crippen LogP contribution in [0.5, 0.6) is 0 Å². The average Bonchev–Trinajstić information content (AvgIpc) is 2.41. The Morgan fingerprint density at radius 2 is 2.05 bits per heavy atom. The second-order valence-electron chi connectivity index (χ2n) is 4.48. The standard InChI is InChI=1S/C15H17FN2O/c1-3-18-10-13(6-7-15(18)19)17-9-12-5-4-11(2)14(16)8-12/h4-8,10,17H,3,9H2,1-2H3. The summed E-state index contributed by atoms with van der Waals surface area (Å²) in [5.41, 5.74) is 2.34. The van der Waals surface area contributed by atoms with E-state index in [4.69, 9.17) is 0 Å². The average molecular weight is 260 g/mol. The molecule has 3 nitrogen and oxygen atoms in total. The van der Waals surface area contributed by atoms with Crippen molar-refractivity contribution in [2.45, 2.75) is 26.9 Å². The summed E-state index contributed by atoms with van der Waals surface area (Å²) < 4.78 is 15.0. The second kappa shape index (κ2) is 5.69. The zero-order valence-corrected chi connectivity index (χ0v) is 11.1. The summed E-state index contributed by atoms with van der Waals surface area (Å²) in [6.07, 6.45) is 1.77. The van der Waals surface area contributed by atoms with E-state index in [0.717, 1.165) is 11.3 Å². The normalized spacial score (nSPS) is 10.5. The third-order valence-corrected chi connectivity index (χ3v) is 3.06. The molecule has 0 aliphatic carbocycles. The Hall–Kier alpha value is -2.10. The molecule has 0 fully saturated rings. The summed E-state index contributed by atoms with van der Waals surface area (Å²) in [5.74, 6) is -0.196. The van der Waals surface area contributed by atoms with Gasteiger partial charge in [-0.25, -0.2) is 4.39 Å². The van der Waals surface area contributed by atoms with Crippen LogP contribution in [0.15, 0.2) is 41.3 Å². The molecule has 0 amide bonds. The van der Waals surface area contributed by atoms with E-state index in [1.54, 1.807) is 29.8 Å². The van der Waals surface area contributed by atoms with Crippen LogP contribution in [0.4, 0.5) is 10.1 Å². The molecule has 0 unspecified atom stereocenters. The molecule has 19 heavy (non-hydrogen) atoms. The molecule has 100 valence electrons. The maximum atomic E-state index is 13.4. The Balaban J connectivity index is 2.10. The molecule has 1 aromatic carbocycles. The van der Waals surface area contributed by atoms with Gasteiger partial charge in [0, 0.05) is 25.4 Å². The maximum Gasteiger partial charge on any atom is 0.250 e. The Bertz CT molecular complexity index is 634. The maximum absolute atomic E-state index is 13.4. The van der Waals surface area contributed by atoms with Gasteiger partial charge >= 0.3 is 0 Å². The molecule has 0 atom stereocenters. The van der Waals surface area contributed by atoms with Gasteiger partial charge < -0.3 is 9.88 Å². The number of nitrogens with one attached hydrogen (secondary N) is 1. The fraction of sp³-hybridized carbons (Fsp3) is 0.267. The van der Waals surface area contributed by atoms with Crippen molar-refractivity contribution in [1.82, 2.24) is 4.57 Å². The van der Waals surface area contributed by atoms with Crippen LogP contribution in [0.3, 0.4) is 0 Å². The van der Waals surface area contributed by atoms with Crippen LogP contribution in [0.1, 0.15) is 18.1 Å². The van der Waals surface area contributed by atoms with Crippen molar-refractivity contribution in [3.05, 3.63) is 63.8 Å². The highest BCUT2D eigenvalue weighted by molar-refractivity contribution is 5.41. The molecule has 2 aromatic rings. The topological polar surface area (TPSA) is 34.0 Å². The molecule has 0 aliphatic rings. The quantitative estimate of drug-likeness (QED) is 0.917. The number of anilines is 1. The van der Waals surface area contributed by atoms with Gasteiger partial charge in [-0.1, -0.05) is 12.1 Å². The van der Waals surface area contributed by atoms with Gasteiger partial charge in [0.05, 0.1) is 5.69 Å². The van der Waals surface area contributed by atoms with Crippen molar-refractivity contribution < 1.29 is 4.39 Å². The van der Waals surface area contributed by atoms with Gasteiger partial charge in [0.25, 0.3) is 5.56 Å². The molecule has 0 aliphatic heterocycles. The molecular formula is C15H17FN2O. The minimum atomic E-state index is -0.196. The first-order valence-corrected chi connectivity index (χ1v) is 6.29. The smallest absolute Gasteiger partial charge is 0.250 e. The lowest BCUT2D eigenvalue weighted by atomic mass is 10.1. The second-order valence-corrected chi connectivity index (χ2v) is 4.48. The Morgan fingerprint density at radius 3 is 2.74 bits per heavy atom. The van der Waals surface area contributed by atoms with Crippen molar-refractivity contribution in [3.63, 3.8) is 0 Å². The molecule has 1 aromatic heterocycles. The van der Waals surface area contributed by atoms with E-state index in [1.807, 2.05) is 13.0 Å². The fourth-order valence-electron chi connectivity index (χ4n) is 1.83. The summed E-state index contributed by atoms with van der Waals surface area (Å²) in [7, 11) is 0. The molecule has 0 spiro atoms. The lowest BCUT2D eigenvalue weighted by molar-refractivity contribution is 0.616. The van der Waals surface area contributed by atoms with Gasteiger partial charge in [-0.2, -0.15) is 0 Å². The van der Waals surface area contributed by atoms with Gasteiger partial charge in [-0.05, 0) is 37.1 Å². The highest BCUT2D eigenvalue weighted by Crippen LogP contribution is 2.11. The molecule has 1 heterocycles. The van der Waals surface area contributed by atoms with E-state index in [9.17, 15) is 9.18 Å². The summed E-state index contributed by atoms with van der Waals surface area (Å²) in [5, 5.41) is 3.18. The van der Waals surface area contributed by atoms with Crippen molar-refractivity contribution in [1.29, 1.82) is 0 Å². The van der Waals surface area contributed by atoms with E-state index >= 15 is 0 Å². The van der Waals surface area contributed by atoms with E-state index < -0.39 is 0 Å². The van der Waals surface area contributed by atoms with Gasteiger partial charge in [0.1, 0.15) is 5.82 Å². The fourth-order valence-corrected chi connectivity index (χ4v) is 1.83. The number of pyridine rings is 1. The summed E-state index contributed by atoms with van der Waals surface area (Å²) in [6, 6.07) is 8.44. The Kier molecular flexibility index (Phi) is 4.00. The van der Waals surface area contributed by atoms with Crippen LogP contribution in [0, 0.1) is 12.7 Å². The molecule has 0 radical (unpaired) electrons. The van der Waals surface area contributed by atoms with Crippen LogP contribution in [-0.4, -0.2) is 4.57 Å². The number of hydrogen-bond acceptors (Lipinski definition) is 2. The number of aryl methyl sites for hydroxylation is 2. The summed E-state index contributed by atoms with van der Waals surface area (Å²) >= 11 is 0. The van der Waals surface area contributed by atoms with E-state index in [-0.39, 0.29) is 11.4 Å². The SMILES string of the molecule is CCn1cc(NCc2ccc(C)c(F)c2)ccc1=O. The molecule has 0 bridgehead atoms. The van der Waals surface area contributed by atoms with E-state index in [2.05, 4.69) is 5.32 Å². The van der Waals surface area contributed by atoms with Gasteiger partial charge in [0.2, 0.25) is 0 Å². The summed E-state index contributed by atoms with van der Waals surface area (Å²) in [4.78, 5) is 11.4. The van der Waals surface area contributed by atoms with Gasteiger partial charge in [-0.15, -0.1) is 0 Å².